The summed E-state index contributed by atoms with van der Waals surface area (Å²) in [6, 6.07) is 3.44. The van der Waals surface area contributed by atoms with Crippen LogP contribution in [0.3, 0.4) is 0 Å². The van der Waals surface area contributed by atoms with E-state index in [9.17, 15) is 4.79 Å². The van der Waals surface area contributed by atoms with Crippen LogP contribution in [0.25, 0.3) is 5.58 Å². The van der Waals surface area contributed by atoms with Crippen LogP contribution in [0.2, 0.25) is 5.15 Å². The third-order valence-electron chi connectivity index (χ3n) is 1.99. The number of nitrogens with zero attached hydrogens (tertiary/aromatic N) is 3. The fraction of sp³-hybridized carbons (Fsp3) is 0.111. The predicted octanol–water partition coefficient (Wildman–Crippen LogP) is 1.05. The monoisotopic (exact) mass is 235 g/mol. The summed E-state index contributed by atoms with van der Waals surface area (Å²) in [5, 5.41) is 0.414. The van der Waals surface area contributed by atoms with Crippen LogP contribution >= 0.6 is 11.6 Å². The molecule has 5 nitrogen and oxygen atoms in total. The molecule has 2 heterocycles. The second-order valence-electron chi connectivity index (χ2n) is 3.00. The van der Waals surface area contributed by atoms with E-state index in [0.717, 1.165) is 5.58 Å². The van der Waals surface area contributed by atoms with Crippen LogP contribution in [0.4, 0.5) is 0 Å². The van der Waals surface area contributed by atoms with E-state index in [2.05, 4.69) is 14.6 Å². The van der Waals surface area contributed by atoms with Gasteiger partial charge in [0.1, 0.15) is 0 Å². The number of aromatic nitrogens is 3. The minimum atomic E-state index is -0.472. The third kappa shape index (κ3) is 2.11. The van der Waals surface area contributed by atoms with Gasteiger partial charge in [0, 0.05) is 0 Å². The summed E-state index contributed by atoms with van der Waals surface area (Å²) in [6.07, 6.45) is 3.08. The number of carbonyl (C=O) groups is 1. The van der Waals surface area contributed by atoms with Crippen LogP contribution in [0.5, 0.6) is 0 Å². The molecule has 0 unspecified atom stereocenters. The van der Waals surface area contributed by atoms with Gasteiger partial charge in [-0.2, -0.15) is 0 Å². The number of hydrogen-bond acceptors (Lipinski definition) is 4. The Labute approximate surface area is 97.3 Å². The van der Waals surface area contributed by atoms with Crippen molar-refractivity contribution < 1.29 is 9.53 Å². The summed E-state index contributed by atoms with van der Waals surface area (Å²) in [7, 11) is 2.90. The molecular formula is C9H7BClN3O2. The van der Waals surface area contributed by atoms with Gasteiger partial charge in [0.25, 0.3) is 0 Å². The average molecular weight is 235 g/mol. The van der Waals surface area contributed by atoms with E-state index >= 15 is 0 Å². The van der Waals surface area contributed by atoms with Crippen LogP contribution < -0.4 is 0 Å². The van der Waals surface area contributed by atoms with Gasteiger partial charge in [-0.15, -0.1) is 0 Å². The molecule has 0 amide bonds. The van der Waals surface area contributed by atoms with Gasteiger partial charge in [-0.25, -0.2) is 0 Å². The number of esters is 1. The first-order valence-corrected chi connectivity index (χ1v) is 4.83. The SMILES string of the molecule is COC(=O)c1cn(-c2bnc(Cl)cc2)cn1. The van der Waals surface area contributed by atoms with Crippen LogP contribution in [-0.4, -0.2) is 34.6 Å². The zero-order chi connectivity index (χ0) is 11.5. The number of carbonyl (C=O) groups excluding carboxylic acids is 1. The molecule has 80 valence electrons. The molecule has 0 aliphatic carbocycles. The minimum absolute atomic E-state index is 0.248. The van der Waals surface area contributed by atoms with E-state index in [4.69, 9.17) is 11.6 Å². The Morgan fingerprint density at radius 1 is 1.56 bits per heavy atom. The third-order valence-corrected chi connectivity index (χ3v) is 2.21. The van der Waals surface area contributed by atoms with Gasteiger partial charge in [-0.3, -0.25) is 0 Å². The molecule has 0 saturated heterocycles. The Morgan fingerprint density at radius 2 is 2.38 bits per heavy atom. The standard InChI is InChI=1S/C9H7BClN3O2/c1-16-9(15)6-4-14(5-12-6)7-2-3-8(11)13-10-7/h2-5H,1H3. The molecule has 0 N–H and O–H groups in total. The zero-order valence-corrected chi connectivity index (χ0v) is 9.18. The van der Waals surface area contributed by atoms with Gasteiger partial charge in [0.15, 0.2) is 0 Å². The summed E-state index contributed by atoms with van der Waals surface area (Å²) in [4.78, 5) is 19.0. The van der Waals surface area contributed by atoms with Crippen molar-refractivity contribution in [3.05, 3.63) is 35.5 Å². The summed E-state index contributed by atoms with van der Waals surface area (Å²) in [5.74, 6) is -0.472. The van der Waals surface area contributed by atoms with Gasteiger partial charge in [-0.1, -0.05) is 0 Å². The van der Waals surface area contributed by atoms with Gasteiger partial charge in [0.05, 0.1) is 0 Å². The van der Waals surface area contributed by atoms with Crippen LogP contribution in [0.1, 0.15) is 10.5 Å². The molecule has 0 fully saturated rings. The maximum absolute atomic E-state index is 11.2. The second kappa shape index (κ2) is 4.44. The molecule has 0 saturated carbocycles. The van der Waals surface area contributed by atoms with Gasteiger partial charge in [0.2, 0.25) is 0 Å². The van der Waals surface area contributed by atoms with Crippen molar-refractivity contribution in [3.63, 3.8) is 0 Å². The zero-order valence-electron chi connectivity index (χ0n) is 8.42. The van der Waals surface area contributed by atoms with Crippen molar-refractivity contribution in [2.75, 3.05) is 7.11 Å². The molecular weight excluding hydrogens is 228 g/mol. The van der Waals surface area contributed by atoms with Crippen molar-refractivity contribution >= 4 is 24.6 Å². The number of ether oxygens (including phenoxy) is 1. The van der Waals surface area contributed by atoms with Crippen molar-refractivity contribution in [2.24, 2.45) is 0 Å². The van der Waals surface area contributed by atoms with Crippen molar-refractivity contribution in [2.45, 2.75) is 0 Å². The number of rotatable bonds is 2. The number of hydrogen-bond donors (Lipinski definition) is 0. The Bertz CT molecular complexity index is 512. The van der Waals surface area contributed by atoms with E-state index in [0.29, 0.717) is 5.15 Å². The van der Waals surface area contributed by atoms with Crippen molar-refractivity contribution in [3.8, 4) is 5.58 Å². The first-order valence-electron chi connectivity index (χ1n) is 4.45. The Balaban J connectivity index is 2.31. The molecule has 2 aromatic rings. The summed E-state index contributed by atoms with van der Waals surface area (Å²) in [5.41, 5.74) is 1.02. The van der Waals surface area contributed by atoms with E-state index in [1.807, 2.05) is 0 Å². The summed E-state index contributed by atoms with van der Waals surface area (Å²) >= 11 is 5.67. The first kappa shape index (κ1) is 10.8. The summed E-state index contributed by atoms with van der Waals surface area (Å²) in [6.45, 7) is 0. The van der Waals surface area contributed by atoms with Crippen molar-refractivity contribution in [1.82, 2.24) is 14.4 Å². The molecule has 0 aliphatic heterocycles. The van der Waals surface area contributed by atoms with Gasteiger partial charge in [-0.05, 0) is 0 Å². The Kier molecular flexibility index (Phi) is 3.01. The van der Waals surface area contributed by atoms with Crippen LogP contribution in [0.15, 0.2) is 24.7 Å². The molecule has 0 aromatic carbocycles. The quantitative estimate of drug-likeness (QED) is 0.730. The molecule has 0 spiro atoms. The van der Waals surface area contributed by atoms with E-state index in [1.54, 1.807) is 29.9 Å². The van der Waals surface area contributed by atoms with Gasteiger partial charge < -0.3 is 0 Å². The number of halogens is 1. The molecule has 2 rings (SSSR count). The molecule has 0 atom stereocenters. The second-order valence-corrected chi connectivity index (χ2v) is 3.38. The van der Waals surface area contributed by atoms with Crippen LogP contribution in [-0.2, 0) is 4.74 Å². The molecule has 0 aliphatic rings. The number of imidazole rings is 1. The van der Waals surface area contributed by atoms with Crippen LogP contribution in [0, 0.1) is 0 Å². The van der Waals surface area contributed by atoms with E-state index in [-0.39, 0.29) is 5.69 Å². The molecule has 7 heteroatoms. The van der Waals surface area contributed by atoms with E-state index < -0.39 is 5.97 Å². The first-order chi connectivity index (χ1) is 7.70. The molecule has 16 heavy (non-hydrogen) atoms. The fourth-order valence-corrected chi connectivity index (χ4v) is 1.31. The average Bonchev–Trinajstić information content (AvgIpc) is 2.78. The molecule has 0 bridgehead atoms. The summed E-state index contributed by atoms with van der Waals surface area (Å²) < 4.78 is 6.22. The normalized spacial score (nSPS) is 9.88. The molecule has 0 radical (unpaired) electrons. The predicted molar refractivity (Wildman–Crippen MR) is 59.1 cm³/mol. The fourth-order valence-electron chi connectivity index (χ4n) is 1.19. The Morgan fingerprint density at radius 3 is 3.00 bits per heavy atom. The molecule has 2 aromatic heterocycles. The van der Waals surface area contributed by atoms with Crippen molar-refractivity contribution in [1.29, 1.82) is 0 Å². The Hall–Kier alpha value is -1.69. The maximum atomic E-state index is 11.2. The topological polar surface area (TPSA) is 57.0 Å². The van der Waals surface area contributed by atoms with E-state index in [1.165, 1.54) is 13.4 Å². The number of methoxy groups -OCH3 is 1. The van der Waals surface area contributed by atoms with Gasteiger partial charge >= 0.3 is 96.8 Å².